The predicted molar refractivity (Wildman–Crippen MR) is 143 cm³/mol. The maximum absolute atomic E-state index is 13.6. The van der Waals surface area contributed by atoms with Gasteiger partial charge in [-0.05, 0) is 61.2 Å². The van der Waals surface area contributed by atoms with Crippen molar-refractivity contribution in [1.82, 2.24) is 15.5 Å². The number of carbonyl (C=O) groups is 3. The highest BCUT2D eigenvalue weighted by molar-refractivity contribution is 6.30. The average molecular weight is 546 g/mol. The van der Waals surface area contributed by atoms with E-state index < -0.39 is 29.9 Å². The van der Waals surface area contributed by atoms with E-state index in [9.17, 15) is 19.5 Å². The van der Waals surface area contributed by atoms with Gasteiger partial charge < -0.3 is 31.0 Å². The van der Waals surface area contributed by atoms with Crippen molar-refractivity contribution < 1.29 is 29.1 Å². The van der Waals surface area contributed by atoms with E-state index in [-0.39, 0.29) is 30.8 Å². The van der Waals surface area contributed by atoms with E-state index in [0.29, 0.717) is 35.2 Å². The molecule has 1 fully saturated rings. The molecule has 38 heavy (non-hydrogen) atoms. The summed E-state index contributed by atoms with van der Waals surface area (Å²) in [4.78, 5) is 44.7. The molecule has 12 heteroatoms. The van der Waals surface area contributed by atoms with Crippen LogP contribution in [0.1, 0.15) is 47.8 Å². The quantitative estimate of drug-likeness (QED) is 0.276. The molecule has 0 aromatic heterocycles. The molecule has 1 saturated heterocycles. The molecule has 3 amide bonds. The summed E-state index contributed by atoms with van der Waals surface area (Å²) in [5.74, 6) is -1.27. The van der Waals surface area contributed by atoms with Gasteiger partial charge in [-0.25, -0.2) is 9.59 Å². The first-order valence-electron chi connectivity index (χ1n) is 12.2. The number of carboxylic acid groups (broad SMARTS) is 1. The highest BCUT2D eigenvalue weighted by Gasteiger charge is 2.35. The van der Waals surface area contributed by atoms with Gasteiger partial charge >= 0.3 is 12.0 Å². The number of benzene rings is 2. The number of rotatable bonds is 9. The number of carboxylic acids is 1. The van der Waals surface area contributed by atoms with Crippen LogP contribution in [0.25, 0.3) is 0 Å². The Morgan fingerprint density at radius 2 is 2.05 bits per heavy atom. The Morgan fingerprint density at radius 1 is 1.29 bits per heavy atom. The number of hydrogen-bond acceptors (Lipinski definition) is 7. The number of amidine groups is 1. The lowest BCUT2D eigenvalue weighted by atomic mass is 9.97. The number of carbonyl (C=O) groups excluding carboxylic acids is 2. The minimum absolute atomic E-state index is 0.0280. The molecule has 204 valence electrons. The molecule has 5 N–H and O–H groups in total. The van der Waals surface area contributed by atoms with Gasteiger partial charge in [-0.3, -0.25) is 9.69 Å². The van der Waals surface area contributed by atoms with Crippen LogP contribution in [0, 0.1) is 5.92 Å². The monoisotopic (exact) mass is 545 g/mol. The Hall–Kier alpha value is -3.99. The van der Waals surface area contributed by atoms with Crippen molar-refractivity contribution in [2.45, 2.75) is 32.7 Å². The second kappa shape index (κ2) is 13.0. The van der Waals surface area contributed by atoms with Crippen molar-refractivity contribution in [3.63, 3.8) is 0 Å². The minimum Gasteiger partial charge on any atom is -0.496 e. The fraction of sp³-hybridized carbons (Fsp3) is 0.385. The van der Waals surface area contributed by atoms with E-state index in [0.717, 1.165) is 10.5 Å². The van der Waals surface area contributed by atoms with Crippen LogP contribution in [-0.4, -0.2) is 60.6 Å². The number of nitrogens with two attached hydrogens (primary N) is 1. The molecule has 2 aromatic carbocycles. The molecule has 0 spiro atoms. The SMILES string of the molecule is CCO/N=C1/CN(C(=O)NC(CC)c2ccc(C(=O)O)c(N)c2)C(=O)C(Cc2cc(Cl)ccc2OC)CN1. The third-order valence-corrected chi connectivity index (χ3v) is 6.38. The first-order chi connectivity index (χ1) is 18.2. The number of hydrogen-bond donors (Lipinski definition) is 4. The number of halogens is 1. The van der Waals surface area contributed by atoms with Gasteiger partial charge in [-0.1, -0.05) is 29.7 Å². The number of ether oxygens (including phenoxy) is 1. The molecule has 1 aliphatic rings. The molecule has 1 aliphatic heterocycles. The normalized spacial score (nSPS) is 17.4. The maximum Gasteiger partial charge on any atom is 0.337 e. The van der Waals surface area contributed by atoms with Crippen LogP contribution in [0.2, 0.25) is 5.02 Å². The largest absolute Gasteiger partial charge is 0.496 e. The summed E-state index contributed by atoms with van der Waals surface area (Å²) in [6, 6.07) is 8.52. The van der Waals surface area contributed by atoms with Crippen LogP contribution >= 0.6 is 11.6 Å². The standard InChI is InChI=1S/C26H32ClN5O6/c1-4-21(15-6-8-19(25(34)35)20(28)12-15)30-26(36)32-14-23(31-38-5-2)29-13-17(24(32)33)10-16-11-18(27)7-9-22(16)37-3/h6-9,11-12,17,21H,4-5,10,13-14,28H2,1-3H3,(H,29,31)(H,30,36)(H,34,35). The molecule has 0 radical (unpaired) electrons. The second-order valence-corrected chi connectivity index (χ2v) is 9.12. The zero-order valence-corrected chi connectivity index (χ0v) is 22.2. The van der Waals surface area contributed by atoms with E-state index in [4.69, 9.17) is 26.9 Å². The molecular weight excluding hydrogens is 514 g/mol. The van der Waals surface area contributed by atoms with E-state index in [2.05, 4.69) is 15.8 Å². The van der Waals surface area contributed by atoms with Crippen molar-refractivity contribution in [2.24, 2.45) is 11.1 Å². The van der Waals surface area contributed by atoms with E-state index in [1.54, 1.807) is 31.2 Å². The van der Waals surface area contributed by atoms with Gasteiger partial charge in [0, 0.05) is 17.3 Å². The summed E-state index contributed by atoms with van der Waals surface area (Å²) < 4.78 is 5.43. The Morgan fingerprint density at radius 3 is 2.68 bits per heavy atom. The van der Waals surface area contributed by atoms with Crippen LogP contribution in [0.3, 0.4) is 0 Å². The lowest BCUT2D eigenvalue weighted by Gasteiger charge is -2.26. The molecule has 11 nitrogen and oxygen atoms in total. The summed E-state index contributed by atoms with van der Waals surface area (Å²) >= 11 is 6.18. The van der Waals surface area contributed by atoms with Crippen LogP contribution < -0.4 is 21.1 Å². The van der Waals surface area contributed by atoms with Crippen molar-refractivity contribution in [3.8, 4) is 5.75 Å². The van der Waals surface area contributed by atoms with Gasteiger partial charge in [0.05, 0.1) is 31.2 Å². The van der Waals surface area contributed by atoms with E-state index in [1.807, 2.05) is 6.92 Å². The molecule has 2 atom stereocenters. The summed E-state index contributed by atoms with van der Waals surface area (Å²) in [5, 5.41) is 19.8. The number of nitrogens with zero attached hydrogens (tertiary/aromatic N) is 2. The number of nitrogen functional groups attached to an aromatic ring is 1. The maximum atomic E-state index is 13.6. The number of urea groups is 1. The van der Waals surface area contributed by atoms with E-state index in [1.165, 1.54) is 19.2 Å². The molecule has 0 saturated carbocycles. The number of imide groups is 1. The fourth-order valence-electron chi connectivity index (χ4n) is 4.18. The minimum atomic E-state index is -1.14. The van der Waals surface area contributed by atoms with Gasteiger partial charge in [-0.15, -0.1) is 0 Å². The third kappa shape index (κ3) is 6.86. The summed E-state index contributed by atoms with van der Waals surface area (Å²) in [6.07, 6.45) is 0.743. The Bertz CT molecular complexity index is 1220. The zero-order valence-electron chi connectivity index (χ0n) is 21.5. The van der Waals surface area contributed by atoms with Gasteiger partial charge in [0.25, 0.3) is 0 Å². The third-order valence-electron chi connectivity index (χ3n) is 6.15. The fourth-order valence-corrected chi connectivity index (χ4v) is 4.37. The Labute approximate surface area is 225 Å². The number of aromatic carboxylic acids is 1. The Kier molecular flexibility index (Phi) is 9.78. The lowest BCUT2D eigenvalue weighted by molar-refractivity contribution is -0.131. The predicted octanol–water partition coefficient (Wildman–Crippen LogP) is 3.43. The molecule has 3 rings (SSSR count). The van der Waals surface area contributed by atoms with E-state index >= 15 is 0 Å². The summed E-state index contributed by atoms with van der Waals surface area (Å²) in [5.41, 5.74) is 7.31. The smallest absolute Gasteiger partial charge is 0.337 e. The topological polar surface area (TPSA) is 156 Å². The van der Waals surface area contributed by atoms with Gasteiger partial charge in [0.2, 0.25) is 5.91 Å². The molecule has 2 unspecified atom stereocenters. The molecular formula is C26H32ClN5O6. The number of amides is 3. The summed E-state index contributed by atoms with van der Waals surface area (Å²) in [6.45, 7) is 4.05. The van der Waals surface area contributed by atoms with Crippen molar-refractivity contribution >= 4 is 41.0 Å². The zero-order chi connectivity index (χ0) is 27.8. The van der Waals surface area contributed by atoms with Gasteiger partial charge in [-0.2, -0.15) is 0 Å². The van der Waals surface area contributed by atoms with Crippen molar-refractivity contribution in [1.29, 1.82) is 0 Å². The van der Waals surface area contributed by atoms with Crippen LogP contribution in [0.4, 0.5) is 10.5 Å². The highest BCUT2D eigenvalue weighted by Crippen LogP contribution is 2.27. The molecule has 0 bridgehead atoms. The van der Waals surface area contributed by atoms with Gasteiger partial charge in [0.15, 0.2) is 5.84 Å². The second-order valence-electron chi connectivity index (χ2n) is 8.68. The number of oxime groups is 1. The first kappa shape index (κ1) is 28.6. The van der Waals surface area contributed by atoms with Crippen molar-refractivity contribution in [2.75, 3.05) is 32.5 Å². The highest BCUT2D eigenvalue weighted by atomic mass is 35.5. The Balaban J connectivity index is 1.88. The first-order valence-corrected chi connectivity index (χ1v) is 12.6. The molecule has 0 aliphatic carbocycles. The molecule has 2 aromatic rings. The number of nitrogens with one attached hydrogen (secondary N) is 2. The summed E-state index contributed by atoms with van der Waals surface area (Å²) in [7, 11) is 1.53. The lowest BCUT2D eigenvalue weighted by Crippen LogP contribution is -2.48. The van der Waals surface area contributed by atoms with Crippen LogP contribution in [-0.2, 0) is 16.1 Å². The molecule has 1 heterocycles. The number of methoxy groups -OCH3 is 1. The average Bonchev–Trinajstić information content (AvgIpc) is 3.04. The van der Waals surface area contributed by atoms with Crippen LogP contribution in [0.15, 0.2) is 41.6 Å². The van der Waals surface area contributed by atoms with Gasteiger partial charge in [0.1, 0.15) is 12.4 Å². The number of anilines is 1. The van der Waals surface area contributed by atoms with Crippen LogP contribution in [0.5, 0.6) is 5.75 Å². The van der Waals surface area contributed by atoms with Crippen molar-refractivity contribution in [3.05, 3.63) is 58.1 Å².